The maximum absolute atomic E-state index is 11.9. The van der Waals surface area contributed by atoms with E-state index in [-0.39, 0.29) is 5.91 Å². The highest BCUT2D eigenvalue weighted by molar-refractivity contribution is 7.12. The lowest BCUT2D eigenvalue weighted by molar-refractivity contribution is 0.0969. The first-order chi connectivity index (χ1) is 8.63. The maximum atomic E-state index is 11.9. The van der Waals surface area contributed by atoms with E-state index in [1.807, 2.05) is 18.4 Å². The normalized spacial score (nSPS) is 11.7. The quantitative estimate of drug-likeness (QED) is 0.659. The van der Waals surface area contributed by atoms with Gasteiger partial charge in [-0.2, -0.15) is 0 Å². The Labute approximate surface area is 112 Å². The third-order valence-corrected chi connectivity index (χ3v) is 2.88. The van der Waals surface area contributed by atoms with Gasteiger partial charge in [-0.1, -0.05) is 26.8 Å². The molecule has 0 bridgehead atoms. The summed E-state index contributed by atoms with van der Waals surface area (Å²) in [7, 11) is 0. The minimum Gasteiger partial charge on any atom is -0.465 e. The van der Waals surface area contributed by atoms with E-state index in [9.17, 15) is 4.79 Å². The number of hydrogen-bond acceptors (Lipinski definition) is 4. The molecule has 0 aliphatic heterocycles. The molecule has 0 radical (unpaired) electrons. The summed E-state index contributed by atoms with van der Waals surface area (Å²) in [5.41, 5.74) is 0. The molecule has 1 amide bonds. The second-order valence-corrected chi connectivity index (χ2v) is 5.27. The van der Waals surface area contributed by atoms with Crippen LogP contribution in [-0.2, 0) is 4.74 Å². The molecule has 0 aliphatic rings. The summed E-state index contributed by atoms with van der Waals surface area (Å²) in [6.45, 7) is 7.36. The zero-order valence-electron chi connectivity index (χ0n) is 11.1. The number of carbonyl (C=O) groups is 1. The van der Waals surface area contributed by atoms with E-state index < -0.39 is 0 Å². The Kier molecular flexibility index (Phi) is 6.43. The van der Waals surface area contributed by atoms with Crippen LogP contribution in [-0.4, -0.2) is 25.1 Å². The first kappa shape index (κ1) is 14.7. The molecule has 100 valence electrons. The molecule has 5 heteroatoms. The fourth-order valence-corrected chi connectivity index (χ4v) is 1.77. The van der Waals surface area contributed by atoms with Crippen molar-refractivity contribution >= 4 is 23.3 Å². The Balaban J connectivity index is 2.60. The summed E-state index contributed by atoms with van der Waals surface area (Å²) in [5.74, 6) is 0.271. The summed E-state index contributed by atoms with van der Waals surface area (Å²) < 4.78 is 5.43. The van der Waals surface area contributed by atoms with E-state index in [0.717, 1.165) is 6.42 Å². The number of aliphatic imine (C=N–C) groups is 1. The highest BCUT2D eigenvalue weighted by Gasteiger charge is 2.10. The number of hydrogen-bond donors (Lipinski definition) is 1. The second-order valence-electron chi connectivity index (χ2n) is 4.32. The van der Waals surface area contributed by atoms with Crippen molar-refractivity contribution in [2.24, 2.45) is 10.9 Å². The van der Waals surface area contributed by atoms with E-state index in [4.69, 9.17) is 4.74 Å². The summed E-state index contributed by atoms with van der Waals surface area (Å²) in [6, 6.07) is 3.95. The van der Waals surface area contributed by atoms with Gasteiger partial charge in [0.25, 0.3) is 11.9 Å². The number of thiophene rings is 1. The molecule has 1 aromatic heterocycles. The van der Waals surface area contributed by atoms with Gasteiger partial charge in [-0.15, -0.1) is 11.3 Å². The standard InChI is InChI=1S/C13H20N2O2S/c1-4-7-17-13(14-9-10(2)3)15-12(16)11-6-5-8-18-11/h5-6,8,10H,4,7,9H2,1-3H3,(H,14,15,16). The van der Waals surface area contributed by atoms with Crippen LogP contribution >= 0.6 is 11.3 Å². The van der Waals surface area contributed by atoms with Crippen LogP contribution in [0.2, 0.25) is 0 Å². The van der Waals surface area contributed by atoms with Crippen molar-refractivity contribution in [1.82, 2.24) is 5.32 Å². The third-order valence-electron chi connectivity index (χ3n) is 2.01. The van der Waals surface area contributed by atoms with E-state index in [1.54, 1.807) is 6.07 Å². The van der Waals surface area contributed by atoms with Crippen LogP contribution in [0.1, 0.15) is 36.9 Å². The Morgan fingerprint density at radius 3 is 2.89 bits per heavy atom. The molecule has 0 aliphatic carbocycles. The van der Waals surface area contributed by atoms with Crippen molar-refractivity contribution in [2.45, 2.75) is 27.2 Å². The molecular formula is C13H20N2O2S. The highest BCUT2D eigenvalue weighted by atomic mass is 32.1. The van der Waals surface area contributed by atoms with Crippen LogP contribution in [0, 0.1) is 5.92 Å². The van der Waals surface area contributed by atoms with Gasteiger partial charge < -0.3 is 4.74 Å². The lowest BCUT2D eigenvalue weighted by Gasteiger charge is -2.10. The number of rotatable bonds is 5. The Morgan fingerprint density at radius 2 is 2.33 bits per heavy atom. The van der Waals surface area contributed by atoms with E-state index in [1.165, 1.54) is 11.3 Å². The molecule has 0 saturated carbocycles. The van der Waals surface area contributed by atoms with Gasteiger partial charge in [0.05, 0.1) is 11.5 Å². The molecule has 4 nitrogen and oxygen atoms in total. The van der Waals surface area contributed by atoms with E-state index in [0.29, 0.717) is 30.0 Å². The molecule has 1 aromatic rings. The number of nitrogens with one attached hydrogen (secondary N) is 1. The smallest absolute Gasteiger partial charge is 0.291 e. The Bertz CT molecular complexity index is 386. The Morgan fingerprint density at radius 1 is 1.56 bits per heavy atom. The maximum Gasteiger partial charge on any atom is 0.291 e. The lowest BCUT2D eigenvalue weighted by Crippen LogP contribution is -2.32. The zero-order valence-corrected chi connectivity index (χ0v) is 11.9. The van der Waals surface area contributed by atoms with Gasteiger partial charge in [0.2, 0.25) is 0 Å². The summed E-state index contributed by atoms with van der Waals surface area (Å²) in [4.78, 5) is 16.8. The number of amides is 1. The molecule has 0 fully saturated rings. The average Bonchev–Trinajstić information content (AvgIpc) is 2.86. The van der Waals surface area contributed by atoms with Crippen LogP contribution < -0.4 is 5.32 Å². The van der Waals surface area contributed by atoms with Gasteiger partial charge in [0.1, 0.15) is 0 Å². The fraction of sp³-hybridized carbons (Fsp3) is 0.538. The molecule has 0 saturated heterocycles. The van der Waals surface area contributed by atoms with Gasteiger partial charge in [-0.25, -0.2) is 4.99 Å². The van der Waals surface area contributed by atoms with Gasteiger partial charge in [-0.3, -0.25) is 10.1 Å². The van der Waals surface area contributed by atoms with Crippen molar-refractivity contribution < 1.29 is 9.53 Å². The molecule has 1 N–H and O–H groups in total. The number of nitrogens with zero attached hydrogens (tertiary/aromatic N) is 1. The lowest BCUT2D eigenvalue weighted by atomic mass is 10.2. The molecule has 0 unspecified atom stereocenters. The van der Waals surface area contributed by atoms with Crippen molar-refractivity contribution in [2.75, 3.05) is 13.2 Å². The third kappa shape index (κ3) is 5.31. The van der Waals surface area contributed by atoms with Crippen molar-refractivity contribution in [1.29, 1.82) is 0 Å². The molecule has 0 atom stereocenters. The Hall–Kier alpha value is -1.36. The largest absolute Gasteiger partial charge is 0.465 e. The topological polar surface area (TPSA) is 50.7 Å². The highest BCUT2D eigenvalue weighted by Crippen LogP contribution is 2.07. The van der Waals surface area contributed by atoms with Gasteiger partial charge in [0.15, 0.2) is 0 Å². The predicted octanol–water partition coefficient (Wildman–Crippen LogP) is 2.92. The van der Waals surface area contributed by atoms with E-state index >= 15 is 0 Å². The van der Waals surface area contributed by atoms with E-state index in [2.05, 4.69) is 24.2 Å². The second kappa shape index (κ2) is 7.87. The monoisotopic (exact) mass is 268 g/mol. The molecule has 1 heterocycles. The minimum atomic E-state index is -0.163. The van der Waals surface area contributed by atoms with Crippen LogP contribution in [0.25, 0.3) is 0 Å². The van der Waals surface area contributed by atoms with Gasteiger partial charge >= 0.3 is 0 Å². The molecular weight excluding hydrogens is 248 g/mol. The number of carbonyl (C=O) groups excluding carboxylic acids is 1. The summed E-state index contributed by atoms with van der Waals surface area (Å²) >= 11 is 1.40. The van der Waals surface area contributed by atoms with Crippen molar-refractivity contribution in [3.63, 3.8) is 0 Å². The van der Waals surface area contributed by atoms with Crippen LogP contribution in [0.15, 0.2) is 22.5 Å². The SMILES string of the molecule is CCCOC(=NCC(C)C)NC(=O)c1cccs1. The fourth-order valence-electron chi connectivity index (χ4n) is 1.15. The van der Waals surface area contributed by atoms with Crippen LogP contribution in [0.5, 0.6) is 0 Å². The van der Waals surface area contributed by atoms with Crippen LogP contribution in [0.3, 0.4) is 0 Å². The minimum absolute atomic E-state index is 0.163. The summed E-state index contributed by atoms with van der Waals surface area (Å²) in [5, 5.41) is 4.58. The first-order valence-corrected chi connectivity index (χ1v) is 7.03. The van der Waals surface area contributed by atoms with Crippen molar-refractivity contribution in [3.05, 3.63) is 22.4 Å². The molecule has 1 rings (SSSR count). The van der Waals surface area contributed by atoms with Crippen molar-refractivity contribution in [3.8, 4) is 0 Å². The molecule has 18 heavy (non-hydrogen) atoms. The summed E-state index contributed by atoms with van der Waals surface area (Å²) in [6.07, 6.45) is 0.884. The van der Waals surface area contributed by atoms with Gasteiger partial charge in [0, 0.05) is 6.54 Å². The van der Waals surface area contributed by atoms with Crippen LogP contribution in [0.4, 0.5) is 0 Å². The molecule has 0 aromatic carbocycles. The predicted molar refractivity (Wildman–Crippen MR) is 75.2 cm³/mol. The van der Waals surface area contributed by atoms with Gasteiger partial charge in [-0.05, 0) is 23.8 Å². The first-order valence-electron chi connectivity index (χ1n) is 6.15. The number of ether oxygens (including phenoxy) is 1. The molecule has 0 spiro atoms. The number of amidine groups is 1. The average molecular weight is 268 g/mol. The zero-order chi connectivity index (χ0) is 13.4.